The number of aryl methyl sites for hydroxylation is 1. The summed E-state index contributed by atoms with van der Waals surface area (Å²) in [5, 5.41) is 5.44. The Bertz CT molecular complexity index is 1310. The van der Waals surface area contributed by atoms with E-state index >= 15 is 0 Å². The van der Waals surface area contributed by atoms with Crippen LogP contribution in [-0.4, -0.2) is 40.1 Å². The Balaban J connectivity index is 1.35. The lowest BCUT2D eigenvalue weighted by atomic mass is 9.58. The molecule has 0 aliphatic heterocycles. The maximum Gasteiger partial charge on any atom is 0.331 e. The molecule has 2 saturated carbocycles. The molecule has 0 amide bonds. The van der Waals surface area contributed by atoms with E-state index in [4.69, 9.17) is 9.73 Å². The number of fused-ring (bicyclic) bond motifs is 1. The van der Waals surface area contributed by atoms with Crippen molar-refractivity contribution in [1.29, 1.82) is 0 Å². The van der Waals surface area contributed by atoms with Gasteiger partial charge in [-0.05, 0) is 61.9 Å². The lowest BCUT2D eigenvalue weighted by molar-refractivity contribution is -0.144. The molecule has 2 aromatic heterocycles. The fourth-order valence-corrected chi connectivity index (χ4v) is 5.45. The minimum atomic E-state index is -0.640. The van der Waals surface area contributed by atoms with Crippen LogP contribution in [0.3, 0.4) is 0 Å². The van der Waals surface area contributed by atoms with Gasteiger partial charge in [-0.3, -0.25) is 14.8 Å². The molecule has 2 aliphatic carbocycles. The van der Waals surface area contributed by atoms with E-state index in [0.29, 0.717) is 19.4 Å². The van der Waals surface area contributed by atoms with Crippen LogP contribution in [-0.2, 0) is 20.7 Å². The molecule has 2 heterocycles. The van der Waals surface area contributed by atoms with Crippen molar-refractivity contribution in [3.63, 3.8) is 0 Å². The number of benzene rings is 1. The van der Waals surface area contributed by atoms with E-state index in [1.807, 2.05) is 49.5 Å². The van der Waals surface area contributed by atoms with Crippen molar-refractivity contribution in [1.82, 2.24) is 9.97 Å². The summed E-state index contributed by atoms with van der Waals surface area (Å²) in [4.78, 5) is 39.1. The van der Waals surface area contributed by atoms with Gasteiger partial charge in [0.25, 0.3) is 0 Å². The number of aliphatic imine (C=N–C) groups is 1. The van der Waals surface area contributed by atoms with Crippen molar-refractivity contribution >= 4 is 39.7 Å². The first-order chi connectivity index (χ1) is 17.5. The quantitative estimate of drug-likeness (QED) is 0.444. The van der Waals surface area contributed by atoms with Crippen molar-refractivity contribution in [2.24, 2.45) is 10.4 Å². The fourth-order valence-electron chi connectivity index (χ4n) is 5.45. The molecule has 1 aromatic carbocycles. The van der Waals surface area contributed by atoms with E-state index in [1.54, 1.807) is 13.1 Å². The van der Waals surface area contributed by atoms with Gasteiger partial charge in [-0.1, -0.05) is 31.4 Å². The largest absolute Gasteiger partial charge is 0.464 e. The molecule has 5 rings (SSSR count). The minimum absolute atomic E-state index is 0.284. The van der Waals surface area contributed by atoms with E-state index in [9.17, 15) is 9.59 Å². The first-order valence-corrected chi connectivity index (χ1v) is 12.8. The standard InChI is InChI=1S/C29H32N4O3/c1-3-36-28(35)24(33-25-17-26(34)29(25)12-5-4-6-13-29)16-20-7-9-22(10-8-20)32-27-23-18-30-14-11-21(23)15-19(2)31-27/h7-11,14-15,18,24H,3-6,12-13,16-17H2,1-2H3,(H,31,32)/t24-/m0/s1. The van der Waals surface area contributed by atoms with E-state index in [0.717, 1.165) is 71.4 Å². The van der Waals surface area contributed by atoms with Crippen molar-refractivity contribution in [2.75, 3.05) is 11.9 Å². The number of hydrogen-bond donors (Lipinski definition) is 1. The number of rotatable bonds is 7. The number of hydrogen-bond acceptors (Lipinski definition) is 7. The van der Waals surface area contributed by atoms with Gasteiger partial charge < -0.3 is 10.1 Å². The van der Waals surface area contributed by atoms with Gasteiger partial charge in [0.15, 0.2) is 6.04 Å². The summed E-state index contributed by atoms with van der Waals surface area (Å²) in [6, 6.07) is 11.3. The second-order valence-corrected chi connectivity index (χ2v) is 9.82. The number of carbonyl (C=O) groups is 2. The molecule has 36 heavy (non-hydrogen) atoms. The van der Waals surface area contributed by atoms with Crippen molar-refractivity contribution < 1.29 is 14.3 Å². The van der Waals surface area contributed by atoms with Gasteiger partial charge in [0.05, 0.1) is 12.0 Å². The third-order valence-electron chi connectivity index (χ3n) is 7.40. The molecular weight excluding hydrogens is 452 g/mol. The second kappa shape index (κ2) is 10.2. The predicted octanol–water partition coefficient (Wildman–Crippen LogP) is 5.52. The summed E-state index contributed by atoms with van der Waals surface area (Å²) < 4.78 is 5.35. The topological polar surface area (TPSA) is 93.5 Å². The van der Waals surface area contributed by atoms with Crippen LogP contribution in [0.2, 0.25) is 0 Å². The van der Waals surface area contributed by atoms with Gasteiger partial charge in [0.1, 0.15) is 11.6 Å². The molecule has 1 spiro atoms. The fraction of sp³-hybridized carbons (Fsp3) is 0.414. The summed E-state index contributed by atoms with van der Waals surface area (Å²) in [6.07, 6.45) is 9.36. The Labute approximate surface area is 211 Å². The number of pyridine rings is 2. The smallest absolute Gasteiger partial charge is 0.331 e. The molecular formula is C29H32N4O3. The Morgan fingerprint density at radius 2 is 1.94 bits per heavy atom. The second-order valence-electron chi connectivity index (χ2n) is 9.82. The highest BCUT2D eigenvalue weighted by atomic mass is 16.5. The number of ketones is 1. The summed E-state index contributed by atoms with van der Waals surface area (Å²) in [5.41, 5.74) is 3.28. The zero-order chi connectivity index (χ0) is 25.1. The highest BCUT2D eigenvalue weighted by Crippen LogP contribution is 2.47. The number of anilines is 2. The molecule has 0 radical (unpaired) electrons. The lowest BCUT2D eigenvalue weighted by Crippen LogP contribution is -2.52. The summed E-state index contributed by atoms with van der Waals surface area (Å²) in [6.45, 7) is 4.08. The van der Waals surface area contributed by atoms with Crippen molar-refractivity contribution in [2.45, 2.75) is 64.8 Å². The van der Waals surface area contributed by atoms with Gasteiger partial charge in [0, 0.05) is 47.7 Å². The summed E-state index contributed by atoms with van der Waals surface area (Å²) in [7, 11) is 0. The van der Waals surface area contributed by atoms with Gasteiger partial charge in [-0.25, -0.2) is 9.78 Å². The highest BCUT2D eigenvalue weighted by molar-refractivity contribution is 6.27. The van der Waals surface area contributed by atoms with Gasteiger partial charge in [0.2, 0.25) is 0 Å². The van der Waals surface area contributed by atoms with Crippen LogP contribution in [0.1, 0.15) is 56.7 Å². The SMILES string of the molecule is CCOC(=O)[C@H](Cc1ccc(Nc2nc(C)cc3ccncc23)cc1)N=C1CC(=O)C12CCCCC2. The molecule has 2 aliphatic rings. The number of esters is 1. The number of aromatic nitrogens is 2. The molecule has 1 atom stereocenters. The molecule has 2 fully saturated rings. The average Bonchev–Trinajstić information content (AvgIpc) is 2.89. The van der Waals surface area contributed by atoms with Crippen LogP contribution in [0.5, 0.6) is 0 Å². The summed E-state index contributed by atoms with van der Waals surface area (Å²) >= 11 is 0. The zero-order valence-corrected chi connectivity index (χ0v) is 20.9. The third kappa shape index (κ3) is 4.74. The molecule has 1 N–H and O–H groups in total. The van der Waals surface area contributed by atoms with Crippen LogP contribution >= 0.6 is 0 Å². The van der Waals surface area contributed by atoms with Crippen LogP contribution in [0.25, 0.3) is 10.8 Å². The molecule has 3 aromatic rings. The normalized spacial score (nSPS) is 18.7. The lowest BCUT2D eigenvalue weighted by Gasteiger charge is -2.44. The number of carbonyl (C=O) groups excluding carboxylic acids is 2. The average molecular weight is 485 g/mol. The number of Topliss-reactive ketones (excluding diaryl/α,β-unsaturated/α-hetero) is 1. The Morgan fingerprint density at radius 3 is 2.67 bits per heavy atom. The number of ether oxygens (including phenoxy) is 1. The molecule has 0 unspecified atom stereocenters. The minimum Gasteiger partial charge on any atom is -0.464 e. The monoisotopic (exact) mass is 484 g/mol. The first-order valence-electron chi connectivity index (χ1n) is 12.8. The van der Waals surface area contributed by atoms with Gasteiger partial charge in [-0.2, -0.15) is 0 Å². The van der Waals surface area contributed by atoms with E-state index in [-0.39, 0.29) is 11.8 Å². The highest BCUT2D eigenvalue weighted by Gasteiger charge is 2.52. The Hall–Kier alpha value is -3.61. The maximum atomic E-state index is 12.8. The van der Waals surface area contributed by atoms with Crippen LogP contribution in [0.4, 0.5) is 11.5 Å². The molecule has 0 saturated heterocycles. The Morgan fingerprint density at radius 1 is 1.17 bits per heavy atom. The first kappa shape index (κ1) is 24.1. The van der Waals surface area contributed by atoms with Gasteiger partial charge in [-0.15, -0.1) is 0 Å². The van der Waals surface area contributed by atoms with Crippen LogP contribution in [0, 0.1) is 12.3 Å². The van der Waals surface area contributed by atoms with E-state index in [2.05, 4.69) is 15.3 Å². The zero-order valence-electron chi connectivity index (χ0n) is 20.9. The van der Waals surface area contributed by atoms with Crippen molar-refractivity contribution in [3.05, 3.63) is 60.0 Å². The maximum absolute atomic E-state index is 12.8. The summed E-state index contributed by atoms with van der Waals surface area (Å²) in [5.74, 6) is 0.709. The molecule has 7 heteroatoms. The van der Waals surface area contributed by atoms with Crippen molar-refractivity contribution in [3.8, 4) is 0 Å². The Kier molecular flexibility index (Phi) is 6.81. The van der Waals surface area contributed by atoms with E-state index in [1.165, 1.54) is 0 Å². The van der Waals surface area contributed by atoms with Crippen LogP contribution < -0.4 is 5.32 Å². The number of nitrogens with zero attached hydrogens (tertiary/aromatic N) is 3. The molecule has 186 valence electrons. The van der Waals surface area contributed by atoms with E-state index < -0.39 is 11.5 Å². The molecule has 0 bridgehead atoms. The molecule has 7 nitrogen and oxygen atoms in total. The number of nitrogens with one attached hydrogen (secondary N) is 1. The third-order valence-corrected chi connectivity index (χ3v) is 7.40. The van der Waals surface area contributed by atoms with Crippen LogP contribution in [0.15, 0.2) is 53.8 Å². The predicted molar refractivity (Wildman–Crippen MR) is 141 cm³/mol. The van der Waals surface area contributed by atoms with Gasteiger partial charge >= 0.3 is 5.97 Å².